The molecule has 0 aliphatic carbocycles. The number of H-pyrrole nitrogens is 1. The molecule has 1 heterocycles. The second kappa shape index (κ2) is 12.6. The van der Waals surface area contributed by atoms with Crippen molar-refractivity contribution in [2.24, 2.45) is 0 Å². The Labute approximate surface area is 231 Å². The van der Waals surface area contributed by atoms with Crippen molar-refractivity contribution in [3.05, 3.63) is 103 Å². The van der Waals surface area contributed by atoms with Gasteiger partial charge in [0.25, 0.3) is 15.9 Å². The van der Waals surface area contributed by atoms with Crippen LogP contribution in [-0.4, -0.2) is 53.4 Å². The van der Waals surface area contributed by atoms with Crippen LogP contribution < -0.4 is 9.62 Å². The monoisotopic (exact) mass is 564 g/mol. The Morgan fingerprint density at radius 1 is 1.05 bits per heavy atom. The van der Waals surface area contributed by atoms with Crippen molar-refractivity contribution >= 4 is 39.3 Å². The van der Waals surface area contributed by atoms with Gasteiger partial charge in [-0.1, -0.05) is 48.5 Å². The van der Waals surface area contributed by atoms with Gasteiger partial charge >= 0.3 is 5.97 Å². The number of carbonyl (C=O) groups excluding carboxylic acids is 1. The summed E-state index contributed by atoms with van der Waals surface area (Å²) in [7, 11) is -4.00. The van der Waals surface area contributed by atoms with Crippen LogP contribution in [0.25, 0.3) is 11.1 Å². The normalized spacial score (nSPS) is 12.0. The first kappa shape index (κ1) is 27.9. The predicted octanol–water partition coefficient (Wildman–Crippen LogP) is 4.41. The summed E-state index contributed by atoms with van der Waals surface area (Å²) >= 11 is 1.49. The predicted molar refractivity (Wildman–Crippen MR) is 152 cm³/mol. The quantitative estimate of drug-likeness (QED) is 0.232. The maximum atomic E-state index is 13.8. The van der Waals surface area contributed by atoms with E-state index in [1.807, 2.05) is 36.6 Å². The molecular formula is C28H28N4O5S2. The number of carboxylic acid groups (broad SMARTS) is 1. The SMILES string of the molecule is CSCC[C@H](NC(=O)c1ccc(N(Cc2cnc[nH]2)S(=O)(=O)c2ccccc2)cc1-c1ccccc1)C(=O)O. The first-order valence-corrected chi connectivity index (χ1v) is 14.9. The summed E-state index contributed by atoms with van der Waals surface area (Å²) in [5.41, 5.74) is 2.30. The number of rotatable bonds is 12. The van der Waals surface area contributed by atoms with E-state index >= 15 is 0 Å². The number of amides is 1. The van der Waals surface area contributed by atoms with Crippen molar-refractivity contribution < 1.29 is 23.1 Å². The molecule has 0 aliphatic rings. The lowest BCUT2D eigenvalue weighted by atomic mass is 9.98. The molecule has 0 spiro atoms. The number of aliphatic carboxylic acids is 1. The largest absolute Gasteiger partial charge is 0.480 e. The molecule has 39 heavy (non-hydrogen) atoms. The van der Waals surface area contributed by atoms with Gasteiger partial charge in [-0.15, -0.1) is 0 Å². The number of carbonyl (C=O) groups is 2. The Morgan fingerprint density at radius 2 is 1.74 bits per heavy atom. The highest BCUT2D eigenvalue weighted by Gasteiger charge is 2.28. The van der Waals surface area contributed by atoms with Crippen LogP contribution in [-0.2, 0) is 21.4 Å². The van der Waals surface area contributed by atoms with Crippen LogP contribution in [0, 0.1) is 0 Å². The molecule has 0 radical (unpaired) electrons. The number of imidazole rings is 1. The van der Waals surface area contributed by atoms with E-state index in [0.29, 0.717) is 28.3 Å². The zero-order valence-corrected chi connectivity index (χ0v) is 22.8. The molecule has 9 nitrogen and oxygen atoms in total. The Hall–Kier alpha value is -4.09. The number of hydrogen-bond donors (Lipinski definition) is 3. The minimum atomic E-state index is -4.00. The third-order valence-electron chi connectivity index (χ3n) is 6.03. The topological polar surface area (TPSA) is 132 Å². The molecular weight excluding hydrogens is 536 g/mol. The lowest BCUT2D eigenvalue weighted by Gasteiger charge is -2.25. The van der Waals surface area contributed by atoms with Gasteiger partial charge in [0, 0.05) is 11.8 Å². The molecule has 3 aromatic carbocycles. The summed E-state index contributed by atoms with van der Waals surface area (Å²) < 4.78 is 28.8. The summed E-state index contributed by atoms with van der Waals surface area (Å²) in [5.74, 6) is -1.10. The van der Waals surface area contributed by atoms with Crippen LogP contribution in [0.15, 0.2) is 96.3 Å². The highest BCUT2D eigenvalue weighted by Crippen LogP contribution is 2.32. The van der Waals surface area contributed by atoms with E-state index in [1.165, 1.54) is 40.6 Å². The first-order chi connectivity index (χ1) is 18.8. The molecule has 3 N–H and O–H groups in total. The number of anilines is 1. The minimum absolute atomic E-state index is 0.0211. The van der Waals surface area contributed by atoms with Crippen LogP contribution >= 0.6 is 11.8 Å². The standard InChI is InChI=1S/C28H28N4O5S2/c1-38-15-14-26(28(34)35)31-27(33)24-13-12-22(16-25(24)20-8-4-2-5-9-20)32(18-21-17-29-19-30-21)39(36,37)23-10-6-3-7-11-23/h2-13,16-17,19,26H,14-15,18H2,1H3,(H,29,30)(H,31,33)(H,34,35)/t26-/m0/s1. The molecule has 11 heteroatoms. The number of aromatic nitrogens is 2. The molecule has 4 rings (SSSR count). The van der Waals surface area contributed by atoms with E-state index in [4.69, 9.17) is 0 Å². The summed E-state index contributed by atoms with van der Waals surface area (Å²) in [6, 6.07) is 20.8. The molecule has 0 unspecified atom stereocenters. The zero-order valence-electron chi connectivity index (χ0n) is 21.2. The highest BCUT2D eigenvalue weighted by molar-refractivity contribution is 7.98. The van der Waals surface area contributed by atoms with Gasteiger partial charge < -0.3 is 15.4 Å². The number of thioether (sulfide) groups is 1. The van der Waals surface area contributed by atoms with Crippen molar-refractivity contribution in [1.82, 2.24) is 15.3 Å². The second-order valence-corrected chi connectivity index (χ2v) is 11.5. The fourth-order valence-corrected chi connectivity index (χ4v) is 5.96. The van der Waals surface area contributed by atoms with Crippen LogP contribution in [0.4, 0.5) is 5.69 Å². The van der Waals surface area contributed by atoms with Crippen LogP contribution in [0.3, 0.4) is 0 Å². The Bertz CT molecular complexity index is 1510. The van der Waals surface area contributed by atoms with Gasteiger partial charge in [0.05, 0.1) is 29.1 Å². The van der Waals surface area contributed by atoms with Gasteiger partial charge in [0.15, 0.2) is 0 Å². The fourth-order valence-electron chi connectivity index (χ4n) is 4.03. The van der Waals surface area contributed by atoms with E-state index < -0.39 is 27.9 Å². The first-order valence-electron chi connectivity index (χ1n) is 12.1. The molecule has 4 aromatic rings. The van der Waals surface area contributed by atoms with E-state index in [9.17, 15) is 23.1 Å². The van der Waals surface area contributed by atoms with Crippen molar-refractivity contribution in [1.29, 1.82) is 0 Å². The average Bonchev–Trinajstić information content (AvgIpc) is 3.48. The summed E-state index contributed by atoms with van der Waals surface area (Å²) in [6.07, 6.45) is 5.16. The second-order valence-electron chi connectivity index (χ2n) is 8.64. The summed E-state index contributed by atoms with van der Waals surface area (Å²) in [4.78, 5) is 32.2. The van der Waals surface area contributed by atoms with Gasteiger partial charge in [-0.25, -0.2) is 18.2 Å². The number of benzene rings is 3. The molecule has 0 aliphatic heterocycles. The number of carboxylic acids is 1. The number of aromatic amines is 1. The van der Waals surface area contributed by atoms with Crippen molar-refractivity contribution in [3.63, 3.8) is 0 Å². The highest BCUT2D eigenvalue weighted by atomic mass is 32.2. The molecule has 0 saturated heterocycles. The van der Waals surface area contributed by atoms with E-state index in [0.717, 1.165) is 0 Å². The average molecular weight is 565 g/mol. The zero-order chi connectivity index (χ0) is 27.8. The lowest BCUT2D eigenvalue weighted by Crippen LogP contribution is -2.41. The van der Waals surface area contributed by atoms with E-state index in [2.05, 4.69) is 15.3 Å². The molecule has 0 saturated carbocycles. The third-order valence-corrected chi connectivity index (χ3v) is 8.47. The molecule has 1 amide bonds. The summed E-state index contributed by atoms with van der Waals surface area (Å²) in [6.45, 7) is -0.0211. The smallest absolute Gasteiger partial charge is 0.326 e. The van der Waals surface area contributed by atoms with Gasteiger partial charge in [0.1, 0.15) is 6.04 Å². The number of sulfonamides is 1. The number of nitrogens with zero attached hydrogens (tertiary/aromatic N) is 2. The van der Waals surface area contributed by atoms with Crippen molar-refractivity contribution in [2.75, 3.05) is 16.3 Å². The Kier molecular flexibility index (Phi) is 9.05. The van der Waals surface area contributed by atoms with Gasteiger partial charge in [-0.05, 0) is 59.9 Å². The molecule has 0 fully saturated rings. The summed E-state index contributed by atoms with van der Waals surface area (Å²) in [5, 5.41) is 12.2. The molecule has 1 aromatic heterocycles. The van der Waals surface area contributed by atoms with Gasteiger partial charge in [-0.3, -0.25) is 9.10 Å². The maximum Gasteiger partial charge on any atom is 0.326 e. The van der Waals surface area contributed by atoms with Crippen molar-refractivity contribution in [3.8, 4) is 11.1 Å². The molecule has 1 atom stereocenters. The Morgan fingerprint density at radius 3 is 2.36 bits per heavy atom. The van der Waals surface area contributed by atoms with Crippen LogP contribution in [0.5, 0.6) is 0 Å². The van der Waals surface area contributed by atoms with Crippen molar-refractivity contribution in [2.45, 2.75) is 23.9 Å². The van der Waals surface area contributed by atoms with E-state index in [1.54, 1.807) is 36.5 Å². The molecule has 202 valence electrons. The Balaban J connectivity index is 1.81. The van der Waals surface area contributed by atoms with Gasteiger partial charge in [-0.2, -0.15) is 11.8 Å². The number of hydrogen-bond acceptors (Lipinski definition) is 6. The lowest BCUT2D eigenvalue weighted by molar-refractivity contribution is -0.139. The maximum absolute atomic E-state index is 13.8. The minimum Gasteiger partial charge on any atom is -0.480 e. The number of nitrogens with one attached hydrogen (secondary N) is 2. The third kappa shape index (κ3) is 6.68. The van der Waals surface area contributed by atoms with E-state index in [-0.39, 0.29) is 23.4 Å². The molecule has 0 bridgehead atoms. The van der Waals surface area contributed by atoms with Crippen LogP contribution in [0.1, 0.15) is 22.5 Å². The van der Waals surface area contributed by atoms with Crippen LogP contribution in [0.2, 0.25) is 0 Å². The fraction of sp³-hybridized carbons (Fsp3) is 0.179. The van der Waals surface area contributed by atoms with Gasteiger partial charge in [0.2, 0.25) is 0 Å².